The molecule has 1 aromatic carbocycles. The molecule has 1 atom stereocenters. The smallest absolute Gasteiger partial charge is 0.338 e. The number of rotatable bonds is 4. The van der Waals surface area contributed by atoms with Crippen molar-refractivity contribution in [2.45, 2.75) is 51.6 Å². The van der Waals surface area contributed by atoms with Crippen LogP contribution in [0, 0.1) is 23.2 Å². The Labute approximate surface area is 159 Å². The second-order valence-electron chi connectivity index (χ2n) is 9.11. The van der Waals surface area contributed by atoms with Crippen molar-refractivity contribution in [3.63, 3.8) is 0 Å². The molecule has 0 spiro atoms. The molecule has 4 heteroatoms. The summed E-state index contributed by atoms with van der Waals surface area (Å²) < 4.78 is 11.3. The highest BCUT2D eigenvalue weighted by Crippen LogP contribution is 2.60. The second kappa shape index (κ2) is 6.22. The van der Waals surface area contributed by atoms with Gasteiger partial charge in [-0.25, -0.2) is 4.79 Å². The molecular formula is C23H26O4. The Morgan fingerprint density at radius 2 is 1.70 bits per heavy atom. The summed E-state index contributed by atoms with van der Waals surface area (Å²) in [5, 5.41) is 0. The van der Waals surface area contributed by atoms with Gasteiger partial charge in [0, 0.05) is 11.0 Å². The first-order chi connectivity index (χ1) is 13.0. The molecule has 1 aliphatic heterocycles. The summed E-state index contributed by atoms with van der Waals surface area (Å²) in [7, 11) is 0. The minimum atomic E-state index is -0.688. The molecule has 0 N–H and O–H groups in total. The maximum absolute atomic E-state index is 13.3. The number of esters is 1. The number of fused-ring (bicyclic) bond motifs is 1. The molecule has 4 bridgehead atoms. The van der Waals surface area contributed by atoms with E-state index >= 15 is 0 Å². The highest BCUT2D eigenvalue weighted by Gasteiger charge is 2.55. The third-order valence-corrected chi connectivity index (χ3v) is 7.11. The average molecular weight is 366 g/mol. The van der Waals surface area contributed by atoms with Crippen molar-refractivity contribution in [2.24, 2.45) is 23.2 Å². The summed E-state index contributed by atoms with van der Waals surface area (Å²) in [6, 6.07) is 7.60. The summed E-state index contributed by atoms with van der Waals surface area (Å²) >= 11 is 0. The summed E-state index contributed by atoms with van der Waals surface area (Å²) in [6.45, 7) is 1.94. The number of para-hydroxylation sites is 1. The van der Waals surface area contributed by atoms with Gasteiger partial charge in [0.2, 0.25) is 0 Å². The predicted molar refractivity (Wildman–Crippen MR) is 101 cm³/mol. The number of hydrogen-bond donors (Lipinski definition) is 0. The van der Waals surface area contributed by atoms with E-state index < -0.39 is 12.1 Å². The molecule has 4 aliphatic carbocycles. The molecule has 0 saturated heterocycles. The van der Waals surface area contributed by atoms with Gasteiger partial charge in [-0.05, 0) is 75.3 Å². The molecule has 142 valence electrons. The molecule has 1 heterocycles. The highest BCUT2D eigenvalue weighted by atomic mass is 16.5. The van der Waals surface area contributed by atoms with Crippen LogP contribution in [-0.4, -0.2) is 24.5 Å². The molecule has 4 saturated carbocycles. The van der Waals surface area contributed by atoms with E-state index in [1.54, 1.807) is 6.92 Å². The maximum atomic E-state index is 13.3. The number of hydrogen-bond acceptors (Lipinski definition) is 4. The molecule has 1 aromatic rings. The van der Waals surface area contributed by atoms with Crippen molar-refractivity contribution >= 4 is 17.8 Å². The lowest BCUT2D eigenvalue weighted by Crippen LogP contribution is -2.52. The first kappa shape index (κ1) is 17.0. The van der Waals surface area contributed by atoms with E-state index in [0.717, 1.165) is 30.6 Å². The number of ether oxygens (including phenoxy) is 2. The van der Waals surface area contributed by atoms with E-state index in [4.69, 9.17) is 9.47 Å². The van der Waals surface area contributed by atoms with Crippen molar-refractivity contribution in [1.82, 2.24) is 0 Å². The fourth-order valence-electron chi connectivity index (χ4n) is 6.37. The normalized spacial score (nSPS) is 34.3. The van der Waals surface area contributed by atoms with Gasteiger partial charge in [-0.3, -0.25) is 4.79 Å². The number of carbonyl (C=O) groups is 2. The first-order valence-corrected chi connectivity index (χ1v) is 10.2. The van der Waals surface area contributed by atoms with Crippen LogP contribution in [0.4, 0.5) is 0 Å². The van der Waals surface area contributed by atoms with E-state index in [2.05, 4.69) is 0 Å². The molecular weight excluding hydrogens is 340 g/mol. The average Bonchev–Trinajstić information content (AvgIpc) is 2.65. The van der Waals surface area contributed by atoms with Crippen LogP contribution in [0.2, 0.25) is 0 Å². The molecule has 0 radical (unpaired) electrons. The van der Waals surface area contributed by atoms with E-state index in [1.807, 2.05) is 30.3 Å². The Balaban J connectivity index is 1.29. The van der Waals surface area contributed by atoms with Crippen LogP contribution >= 0.6 is 0 Å². The topological polar surface area (TPSA) is 52.6 Å². The molecule has 5 aliphatic rings. The van der Waals surface area contributed by atoms with Gasteiger partial charge in [0.25, 0.3) is 0 Å². The van der Waals surface area contributed by atoms with Crippen LogP contribution in [0.5, 0.6) is 5.75 Å². The van der Waals surface area contributed by atoms with Gasteiger partial charge in [0.05, 0.1) is 5.57 Å². The van der Waals surface area contributed by atoms with Gasteiger partial charge >= 0.3 is 5.97 Å². The number of carbonyl (C=O) groups excluding carboxylic acids is 2. The third-order valence-electron chi connectivity index (χ3n) is 7.11. The van der Waals surface area contributed by atoms with Gasteiger partial charge in [-0.2, -0.15) is 0 Å². The largest absolute Gasteiger partial charge is 0.488 e. The van der Waals surface area contributed by atoms with Crippen LogP contribution in [-0.2, 0) is 14.3 Å². The summed E-state index contributed by atoms with van der Waals surface area (Å²) in [5.74, 6) is 2.59. The molecule has 27 heavy (non-hydrogen) atoms. The SMILES string of the molecule is C[C@@H](OC(=O)C1=Cc2ccccc2OC1)C(=O)C12CC3CC(CC(C3)C1)C2. The predicted octanol–water partition coefficient (Wildman–Crippen LogP) is 4.18. The fourth-order valence-corrected chi connectivity index (χ4v) is 6.37. The number of Topliss-reactive ketones (excluding diaryl/α,β-unsaturated/α-hetero) is 1. The van der Waals surface area contributed by atoms with E-state index in [0.29, 0.717) is 23.3 Å². The lowest BCUT2D eigenvalue weighted by atomic mass is 9.48. The van der Waals surface area contributed by atoms with Gasteiger partial charge in [0.15, 0.2) is 11.9 Å². The van der Waals surface area contributed by atoms with Crippen molar-refractivity contribution in [2.75, 3.05) is 6.61 Å². The van der Waals surface area contributed by atoms with Crippen LogP contribution in [0.3, 0.4) is 0 Å². The first-order valence-electron chi connectivity index (χ1n) is 10.2. The zero-order valence-electron chi connectivity index (χ0n) is 15.8. The zero-order valence-corrected chi connectivity index (χ0v) is 15.8. The van der Waals surface area contributed by atoms with Gasteiger partial charge in [0.1, 0.15) is 12.4 Å². The monoisotopic (exact) mass is 366 g/mol. The zero-order chi connectivity index (χ0) is 18.6. The van der Waals surface area contributed by atoms with Crippen LogP contribution in [0.15, 0.2) is 29.8 Å². The summed E-state index contributed by atoms with van der Waals surface area (Å²) in [6.07, 6.45) is 8.01. The lowest BCUT2D eigenvalue weighted by Gasteiger charge is -2.56. The van der Waals surface area contributed by atoms with E-state index in [9.17, 15) is 9.59 Å². The maximum Gasteiger partial charge on any atom is 0.338 e. The molecule has 4 fully saturated rings. The Kier molecular flexibility index (Phi) is 3.92. The fraction of sp³-hybridized carbons (Fsp3) is 0.565. The van der Waals surface area contributed by atoms with E-state index in [1.165, 1.54) is 19.3 Å². The van der Waals surface area contributed by atoms with Crippen LogP contribution < -0.4 is 4.74 Å². The Hall–Kier alpha value is -2.10. The third kappa shape index (κ3) is 2.90. The summed E-state index contributed by atoms with van der Waals surface area (Å²) in [5.41, 5.74) is 1.10. The van der Waals surface area contributed by atoms with Gasteiger partial charge in [-0.1, -0.05) is 18.2 Å². The van der Waals surface area contributed by atoms with E-state index in [-0.39, 0.29) is 17.8 Å². The minimum Gasteiger partial charge on any atom is -0.488 e. The molecule has 0 unspecified atom stereocenters. The molecule has 0 aromatic heterocycles. The Bertz CT molecular complexity index is 786. The van der Waals surface area contributed by atoms with Crippen LogP contribution in [0.25, 0.3) is 6.08 Å². The molecule has 4 nitrogen and oxygen atoms in total. The Morgan fingerprint density at radius 1 is 1.07 bits per heavy atom. The second-order valence-corrected chi connectivity index (χ2v) is 9.11. The highest BCUT2D eigenvalue weighted by molar-refractivity contribution is 5.98. The van der Waals surface area contributed by atoms with Crippen molar-refractivity contribution in [3.8, 4) is 5.75 Å². The van der Waals surface area contributed by atoms with Crippen molar-refractivity contribution in [1.29, 1.82) is 0 Å². The van der Waals surface area contributed by atoms with Gasteiger partial charge in [-0.15, -0.1) is 0 Å². The van der Waals surface area contributed by atoms with Crippen molar-refractivity contribution < 1.29 is 19.1 Å². The quantitative estimate of drug-likeness (QED) is 0.750. The summed E-state index contributed by atoms with van der Waals surface area (Å²) in [4.78, 5) is 25.9. The lowest BCUT2D eigenvalue weighted by molar-refractivity contribution is -0.162. The van der Waals surface area contributed by atoms with Gasteiger partial charge < -0.3 is 9.47 Å². The molecule has 0 amide bonds. The Morgan fingerprint density at radius 3 is 2.37 bits per heavy atom. The standard InChI is InChI=1S/C23H26O4/c1-14(21(24)23-10-15-6-16(11-23)8-17(7-15)12-23)27-22(25)19-9-18-4-2-3-5-20(18)26-13-19/h2-5,9,14-17H,6-8,10-13H2,1H3/t14-,15?,16?,17?,23?/m1/s1. The number of ketones is 1. The van der Waals surface area contributed by atoms with Crippen LogP contribution in [0.1, 0.15) is 51.0 Å². The molecule has 6 rings (SSSR count). The van der Waals surface area contributed by atoms with Crippen molar-refractivity contribution in [3.05, 3.63) is 35.4 Å². The number of benzene rings is 1. The minimum absolute atomic E-state index is 0.146.